The van der Waals surface area contributed by atoms with Crippen LogP contribution in [0.5, 0.6) is 11.5 Å². The molecule has 3 heterocycles. The molecule has 0 saturated heterocycles. The molecular formula is C22H19N3O4. The van der Waals surface area contributed by atoms with E-state index >= 15 is 0 Å². The van der Waals surface area contributed by atoms with Gasteiger partial charge in [-0.15, -0.1) is 0 Å². The van der Waals surface area contributed by atoms with Crippen molar-refractivity contribution >= 4 is 5.91 Å². The number of hydrogen-bond donors (Lipinski definition) is 1. The van der Waals surface area contributed by atoms with Gasteiger partial charge in [0.1, 0.15) is 25.1 Å². The Kier molecular flexibility index (Phi) is 3.84. The van der Waals surface area contributed by atoms with E-state index in [-0.39, 0.29) is 18.4 Å². The molecule has 5 rings (SSSR count). The average molecular weight is 389 g/mol. The Balaban J connectivity index is 1.79. The van der Waals surface area contributed by atoms with Gasteiger partial charge in [-0.2, -0.15) is 0 Å². The highest BCUT2D eigenvalue weighted by molar-refractivity contribution is 5.96. The third-order valence-electron chi connectivity index (χ3n) is 5.48. The molecule has 1 unspecified atom stereocenters. The van der Waals surface area contributed by atoms with Crippen molar-refractivity contribution in [2.24, 2.45) is 0 Å². The standard InChI is InChI=1S/C22H19N3O4/c1-23-13-25(24-11-10-17(26)21(27)20(24)22(23)28)19-15-7-3-2-6-14(15)12-29-18-9-5-4-8-16(18)19/h2-11,19,27H,12-13H2,1H3. The fourth-order valence-electron chi connectivity index (χ4n) is 4.08. The normalized spacial score (nSPS) is 17.7. The van der Waals surface area contributed by atoms with Crippen molar-refractivity contribution in [2.45, 2.75) is 12.6 Å². The highest BCUT2D eigenvalue weighted by Crippen LogP contribution is 2.40. The first-order valence-corrected chi connectivity index (χ1v) is 9.33. The first kappa shape index (κ1) is 17.4. The van der Waals surface area contributed by atoms with Gasteiger partial charge in [0.05, 0.1) is 0 Å². The maximum atomic E-state index is 12.7. The topological polar surface area (TPSA) is 75.0 Å². The Morgan fingerprint density at radius 1 is 1.00 bits per heavy atom. The fourth-order valence-corrected chi connectivity index (χ4v) is 4.08. The largest absolute Gasteiger partial charge is 0.502 e. The molecule has 0 bridgehead atoms. The minimum Gasteiger partial charge on any atom is -0.502 e. The Bertz CT molecular complexity index is 1140. The lowest BCUT2D eigenvalue weighted by atomic mass is 9.94. The molecular weight excluding hydrogens is 370 g/mol. The molecule has 0 saturated carbocycles. The third-order valence-corrected chi connectivity index (χ3v) is 5.48. The van der Waals surface area contributed by atoms with Crippen LogP contribution in [-0.4, -0.2) is 34.3 Å². The van der Waals surface area contributed by atoms with Gasteiger partial charge in [0.25, 0.3) is 5.91 Å². The first-order valence-electron chi connectivity index (χ1n) is 9.33. The zero-order chi connectivity index (χ0) is 20.1. The van der Waals surface area contributed by atoms with Gasteiger partial charge in [-0.25, -0.2) is 0 Å². The molecule has 146 valence electrons. The molecule has 2 aliphatic rings. The van der Waals surface area contributed by atoms with Crippen LogP contribution in [0.2, 0.25) is 0 Å². The second-order valence-electron chi connectivity index (χ2n) is 7.23. The number of rotatable bonds is 1. The molecule has 1 N–H and O–H groups in total. The molecule has 7 heteroatoms. The number of benzene rings is 2. The summed E-state index contributed by atoms with van der Waals surface area (Å²) >= 11 is 0. The number of carbonyl (C=O) groups is 1. The summed E-state index contributed by atoms with van der Waals surface area (Å²) in [6, 6.07) is 16.8. The van der Waals surface area contributed by atoms with Crippen molar-refractivity contribution in [3.8, 4) is 11.5 Å². The van der Waals surface area contributed by atoms with E-state index in [0.29, 0.717) is 6.61 Å². The lowest BCUT2D eigenvalue weighted by Crippen LogP contribution is -2.54. The van der Waals surface area contributed by atoms with Crippen molar-refractivity contribution in [1.82, 2.24) is 9.58 Å². The van der Waals surface area contributed by atoms with Crippen LogP contribution >= 0.6 is 0 Å². The van der Waals surface area contributed by atoms with E-state index in [1.54, 1.807) is 17.9 Å². The number of aromatic nitrogens is 1. The number of hydrogen-bond acceptors (Lipinski definition) is 5. The van der Waals surface area contributed by atoms with E-state index in [9.17, 15) is 14.7 Å². The Hall–Kier alpha value is -3.74. The quantitative estimate of drug-likeness (QED) is 0.691. The number of aromatic hydroxyl groups is 1. The van der Waals surface area contributed by atoms with Crippen molar-refractivity contribution in [1.29, 1.82) is 0 Å². The number of para-hydroxylation sites is 1. The molecule has 2 aromatic carbocycles. The van der Waals surface area contributed by atoms with E-state index in [1.807, 2.05) is 53.5 Å². The third kappa shape index (κ3) is 2.58. The second kappa shape index (κ2) is 6.41. The van der Waals surface area contributed by atoms with Crippen molar-refractivity contribution in [2.75, 3.05) is 18.7 Å². The number of carbonyl (C=O) groups excluding carboxylic acids is 1. The lowest BCUT2D eigenvalue weighted by Gasteiger charge is -2.42. The van der Waals surface area contributed by atoms with Gasteiger partial charge >= 0.3 is 0 Å². The van der Waals surface area contributed by atoms with E-state index in [2.05, 4.69) is 0 Å². The number of pyridine rings is 1. The summed E-state index contributed by atoms with van der Waals surface area (Å²) in [7, 11) is 1.65. The van der Waals surface area contributed by atoms with Crippen molar-refractivity contribution in [3.05, 3.63) is 93.4 Å². The summed E-state index contributed by atoms with van der Waals surface area (Å²) in [5.41, 5.74) is 2.42. The highest BCUT2D eigenvalue weighted by Gasteiger charge is 2.37. The predicted molar refractivity (Wildman–Crippen MR) is 107 cm³/mol. The molecule has 2 aliphatic heterocycles. The lowest BCUT2D eigenvalue weighted by molar-refractivity contribution is 0.0726. The molecule has 1 amide bonds. The summed E-state index contributed by atoms with van der Waals surface area (Å²) in [6.45, 7) is 0.718. The summed E-state index contributed by atoms with van der Waals surface area (Å²) in [4.78, 5) is 26.2. The van der Waals surface area contributed by atoms with Crippen LogP contribution in [-0.2, 0) is 6.61 Å². The van der Waals surface area contributed by atoms with E-state index in [1.165, 1.54) is 11.0 Å². The zero-order valence-electron chi connectivity index (χ0n) is 15.8. The molecule has 7 nitrogen and oxygen atoms in total. The minimum absolute atomic E-state index is 0.0358. The van der Waals surface area contributed by atoms with Crippen LogP contribution in [0.15, 0.2) is 65.6 Å². The molecule has 0 fully saturated rings. The van der Waals surface area contributed by atoms with Gasteiger partial charge in [-0.1, -0.05) is 42.5 Å². The molecule has 0 aliphatic carbocycles. The van der Waals surface area contributed by atoms with E-state index in [0.717, 1.165) is 22.4 Å². The van der Waals surface area contributed by atoms with Gasteiger partial charge < -0.3 is 14.7 Å². The minimum atomic E-state index is -0.579. The molecule has 1 atom stereocenters. The SMILES string of the molecule is CN1CN(C2c3ccccc3COc3ccccc32)n2ccc(=O)c(O)c2C1=O. The number of ether oxygens (including phenoxy) is 1. The molecule has 0 spiro atoms. The second-order valence-corrected chi connectivity index (χ2v) is 7.23. The van der Waals surface area contributed by atoms with Crippen molar-refractivity contribution < 1.29 is 14.6 Å². The molecule has 3 aromatic rings. The van der Waals surface area contributed by atoms with Gasteiger partial charge in [0, 0.05) is 24.9 Å². The maximum Gasteiger partial charge on any atom is 0.277 e. The van der Waals surface area contributed by atoms with Gasteiger partial charge in [-0.05, 0) is 17.2 Å². The summed E-state index contributed by atoms with van der Waals surface area (Å²) in [5.74, 6) is -0.177. The predicted octanol–water partition coefficient (Wildman–Crippen LogP) is 2.22. The number of nitrogens with zero attached hydrogens (tertiary/aromatic N) is 3. The first-order chi connectivity index (χ1) is 14.1. The summed E-state index contributed by atoms with van der Waals surface area (Å²) < 4.78 is 7.64. The fraction of sp³-hybridized carbons (Fsp3) is 0.182. The molecule has 29 heavy (non-hydrogen) atoms. The molecule has 1 aromatic heterocycles. The van der Waals surface area contributed by atoms with Gasteiger partial charge in [0.2, 0.25) is 5.43 Å². The van der Waals surface area contributed by atoms with E-state index < -0.39 is 17.1 Å². The number of amides is 1. The highest BCUT2D eigenvalue weighted by atomic mass is 16.5. The van der Waals surface area contributed by atoms with E-state index in [4.69, 9.17) is 4.74 Å². The smallest absolute Gasteiger partial charge is 0.277 e. The van der Waals surface area contributed by atoms with Crippen LogP contribution in [0.4, 0.5) is 0 Å². The van der Waals surface area contributed by atoms with Gasteiger partial charge in [0.15, 0.2) is 11.4 Å². The zero-order valence-corrected chi connectivity index (χ0v) is 15.8. The van der Waals surface area contributed by atoms with Crippen molar-refractivity contribution in [3.63, 3.8) is 0 Å². The molecule has 0 radical (unpaired) electrons. The van der Waals surface area contributed by atoms with Crippen LogP contribution < -0.4 is 15.2 Å². The van der Waals surface area contributed by atoms with Crippen LogP contribution in [0.25, 0.3) is 0 Å². The summed E-state index contributed by atoms with van der Waals surface area (Å²) in [5, 5.41) is 12.3. The van der Waals surface area contributed by atoms with Gasteiger partial charge in [-0.3, -0.25) is 19.3 Å². The maximum absolute atomic E-state index is 12.7. The Morgan fingerprint density at radius 2 is 1.72 bits per heavy atom. The Labute approximate surface area is 167 Å². The average Bonchev–Trinajstić information content (AvgIpc) is 2.90. The van der Waals surface area contributed by atoms with Crippen LogP contribution in [0, 0.1) is 0 Å². The summed E-state index contributed by atoms with van der Waals surface area (Å²) in [6.07, 6.45) is 1.54. The van der Waals surface area contributed by atoms with Crippen LogP contribution in [0.1, 0.15) is 33.2 Å². The number of fused-ring (bicyclic) bond motifs is 3. The monoisotopic (exact) mass is 389 g/mol. The Morgan fingerprint density at radius 3 is 2.55 bits per heavy atom. The van der Waals surface area contributed by atoms with Crippen LogP contribution in [0.3, 0.4) is 0 Å².